The van der Waals surface area contributed by atoms with Gasteiger partial charge in [-0.3, -0.25) is 4.55 Å². The number of rotatable bonds is 16. The van der Waals surface area contributed by atoms with E-state index >= 15 is 0 Å². The van der Waals surface area contributed by atoms with E-state index in [4.69, 9.17) is 0 Å². The van der Waals surface area contributed by atoms with Gasteiger partial charge < -0.3 is 0 Å². The van der Waals surface area contributed by atoms with E-state index in [2.05, 4.69) is 6.92 Å². The Hall–Kier alpha value is 0.766. The zero-order valence-electron chi connectivity index (χ0n) is 17.5. The summed E-state index contributed by atoms with van der Waals surface area (Å²) >= 11 is 0. The molecule has 158 valence electrons. The Bertz CT molecular complexity index is 614. The van der Waals surface area contributed by atoms with Crippen LogP contribution in [0.25, 0.3) is 0 Å². The first-order valence-corrected chi connectivity index (χ1v) is 12.5. The van der Waals surface area contributed by atoms with Gasteiger partial charge >= 0.3 is 51.4 Å². The van der Waals surface area contributed by atoms with E-state index in [0.717, 1.165) is 12.8 Å². The third-order valence-corrected chi connectivity index (χ3v) is 6.31. The van der Waals surface area contributed by atoms with E-state index in [9.17, 15) is 13.0 Å². The molecule has 0 amide bonds. The van der Waals surface area contributed by atoms with Gasteiger partial charge in [-0.15, -0.1) is 0 Å². The molecule has 1 aromatic rings. The molecular formula is C23H41KO3S. The molecule has 0 saturated heterocycles. The van der Waals surface area contributed by atoms with Crippen LogP contribution in [-0.4, -0.2) is 64.4 Å². The SMILES string of the molecule is CCCCCCCCCCCCCCCc1ccc(S(=O)(=O)O)c(CC)c1.[KH]. The van der Waals surface area contributed by atoms with Crippen molar-refractivity contribution in [2.24, 2.45) is 0 Å². The molecule has 0 heterocycles. The van der Waals surface area contributed by atoms with E-state index in [0.29, 0.717) is 12.0 Å². The molecule has 1 aromatic carbocycles. The van der Waals surface area contributed by atoms with E-state index in [-0.39, 0.29) is 56.3 Å². The minimum atomic E-state index is -4.11. The molecule has 1 rings (SSSR count). The van der Waals surface area contributed by atoms with Crippen LogP contribution >= 0.6 is 0 Å². The fraction of sp³-hybridized carbons (Fsp3) is 0.739. The van der Waals surface area contributed by atoms with Crippen molar-refractivity contribution in [2.75, 3.05) is 0 Å². The van der Waals surface area contributed by atoms with Crippen LogP contribution in [0.1, 0.15) is 108 Å². The van der Waals surface area contributed by atoms with Crippen molar-refractivity contribution in [1.29, 1.82) is 0 Å². The Balaban J connectivity index is 0.00000729. The molecule has 0 fully saturated rings. The summed E-state index contributed by atoms with van der Waals surface area (Å²) in [6, 6.07) is 5.32. The fourth-order valence-corrected chi connectivity index (χ4v) is 4.44. The molecule has 0 bridgehead atoms. The predicted octanol–water partition coefficient (Wildman–Crippen LogP) is 6.48. The molecule has 28 heavy (non-hydrogen) atoms. The van der Waals surface area contributed by atoms with Crippen LogP contribution in [0.2, 0.25) is 0 Å². The van der Waals surface area contributed by atoms with Gasteiger partial charge in [0.25, 0.3) is 10.1 Å². The third kappa shape index (κ3) is 13.1. The van der Waals surface area contributed by atoms with Crippen molar-refractivity contribution in [1.82, 2.24) is 0 Å². The second-order valence-corrected chi connectivity index (χ2v) is 9.15. The predicted molar refractivity (Wildman–Crippen MR) is 122 cm³/mol. The Morgan fingerprint density at radius 2 is 1.21 bits per heavy atom. The number of unbranched alkanes of at least 4 members (excludes halogenated alkanes) is 12. The van der Waals surface area contributed by atoms with E-state index in [1.54, 1.807) is 6.07 Å². The zero-order chi connectivity index (χ0) is 20.0. The molecule has 0 saturated carbocycles. The molecule has 0 radical (unpaired) electrons. The van der Waals surface area contributed by atoms with Gasteiger partial charge in [-0.2, -0.15) is 8.42 Å². The Morgan fingerprint density at radius 1 is 0.750 bits per heavy atom. The molecular weight excluding hydrogens is 395 g/mol. The Labute approximate surface area is 216 Å². The van der Waals surface area contributed by atoms with E-state index in [1.807, 2.05) is 19.1 Å². The van der Waals surface area contributed by atoms with E-state index in [1.165, 1.54) is 82.6 Å². The van der Waals surface area contributed by atoms with Gasteiger partial charge in [0, 0.05) is 0 Å². The minimum absolute atomic E-state index is 0. The van der Waals surface area contributed by atoms with E-state index < -0.39 is 10.1 Å². The summed E-state index contributed by atoms with van der Waals surface area (Å²) in [6.45, 7) is 4.18. The number of hydrogen-bond donors (Lipinski definition) is 1. The van der Waals surface area contributed by atoms with Gasteiger partial charge in [0.2, 0.25) is 0 Å². The van der Waals surface area contributed by atoms with Crippen LogP contribution in [-0.2, 0) is 23.0 Å². The van der Waals surface area contributed by atoms with Crippen molar-refractivity contribution < 1.29 is 13.0 Å². The van der Waals surface area contributed by atoms with Crippen LogP contribution in [0.5, 0.6) is 0 Å². The van der Waals surface area contributed by atoms with Gasteiger partial charge in [0.15, 0.2) is 0 Å². The van der Waals surface area contributed by atoms with Crippen molar-refractivity contribution in [3.8, 4) is 0 Å². The number of aryl methyl sites for hydroxylation is 2. The second kappa shape index (κ2) is 17.4. The summed E-state index contributed by atoms with van der Waals surface area (Å²) in [5, 5.41) is 0. The standard InChI is InChI=1S/C23H40O3S.K.H/c1-3-5-6-7-8-9-10-11-12-13-14-15-16-17-21-18-19-23(27(24,25)26)22(4-2)20-21;;/h18-20H,3-17H2,1-2H3,(H,24,25,26);;. The van der Waals surface area contributed by atoms with Crippen molar-refractivity contribution in [2.45, 2.75) is 115 Å². The molecule has 5 heteroatoms. The summed E-state index contributed by atoms with van der Waals surface area (Å²) in [4.78, 5) is 0.0547. The van der Waals surface area contributed by atoms with Gasteiger partial charge in [-0.1, -0.05) is 103 Å². The maximum absolute atomic E-state index is 11.4. The average Bonchev–Trinajstić information content (AvgIpc) is 2.64. The van der Waals surface area contributed by atoms with Gasteiger partial charge in [-0.25, -0.2) is 0 Å². The van der Waals surface area contributed by atoms with Crippen LogP contribution in [0.4, 0.5) is 0 Å². The quantitative estimate of drug-likeness (QED) is 0.183. The first-order valence-electron chi connectivity index (χ1n) is 11.1. The maximum atomic E-state index is 11.4. The molecule has 3 nitrogen and oxygen atoms in total. The average molecular weight is 437 g/mol. The molecule has 0 aliphatic carbocycles. The molecule has 0 unspecified atom stereocenters. The Morgan fingerprint density at radius 3 is 1.64 bits per heavy atom. The molecule has 0 aliphatic rings. The molecule has 0 spiro atoms. The van der Waals surface area contributed by atoms with Gasteiger partial charge in [-0.05, 0) is 36.5 Å². The molecule has 0 aromatic heterocycles. The van der Waals surface area contributed by atoms with Crippen molar-refractivity contribution >= 4 is 61.5 Å². The normalized spacial score (nSPS) is 11.4. The topological polar surface area (TPSA) is 54.4 Å². The van der Waals surface area contributed by atoms with Crippen LogP contribution in [0.15, 0.2) is 23.1 Å². The van der Waals surface area contributed by atoms with Crippen LogP contribution in [0, 0.1) is 0 Å². The molecule has 0 aliphatic heterocycles. The second-order valence-electron chi connectivity index (χ2n) is 7.76. The first-order chi connectivity index (χ1) is 13.0. The van der Waals surface area contributed by atoms with Crippen LogP contribution < -0.4 is 0 Å². The first kappa shape index (κ1) is 28.8. The van der Waals surface area contributed by atoms with Gasteiger partial charge in [0.1, 0.15) is 0 Å². The molecule has 0 atom stereocenters. The number of benzene rings is 1. The summed E-state index contributed by atoms with van der Waals surface area (Å²) in [5.41, 5.74) is 1.88. The summed E-state index contributed by atoms with van der Waals surface area (Å²) < 4.78 is 32.0. The van der Waals surface area contributed by atoms with Crippen molar-refractivity contribution in [3.05, 3.63) is 29.3 Å². The summed E-state index contributed by atoms with van der Waals surface area (Å²) in [5.74, 6) is 0. The fourth-order valence-electron chi connectivity index (χ4n) is 3.66. The third-order valence-electron chi connectivity index (χ3n) is 5.35. The zero-order valence-corrected chi connectivity index (χ0v) is 18.3. The molecule has 1 N–H and O–H groups in total. The summed E-state index contributed by atoms with van der Waals surface area (Å²) in [7, 11) is -4.11. The van der Waals surface area contributed by atoms with Crippen LogP contribution in [0.3, 0.4) is 0 Å². The van der Waals surface area contributed by atoms with Crippen molar-refractivity contribution in [3.63, 3.8) is 0 Å². The Kier molecular flexibility index (Phi) is 17.9. The number of hydrogen-bond acceptors (Lipinski definition) is 2. The van der Waals surface area contributed by atoms with Gasteiger partial charge in [0.05, 0.1) is 4.90 Å². The summed E-state index contributed by atoms with van der Waals surface area (Å²) in [6.07, 6.45) is 19.1. The monoisotopic (exact) mass is 436 g/mol.